The maximum atomic E-state index is 12.1. The lowest BCUT2D eigenvalue weighted by atomic mass is 9.91. The zero-order valence-electron chi connectivity index (χ0n) is 15.4. The summed E-state index contributed by atoms with van der Waals surface area (Å²) in [5.41, 5.74) is 2.38. The highest BCUT2D eigenvalue weighted by Crippen LogP contribution is 2.33. The van der Waals surface area contributed by atoms with Gasteiger partial charge in [-0.05, 0) is 48.2 Å². The summed E-state index contributed by atoms with van der Waals surface area (Å²) in [5.74, 6) is 0.0234. The minimum atomic E-state index is -1.55. The summed E-state index contributed by atoms with van der Waals surface area (Å²) in [7, 11) is 0. The third-order valence-corrected chi connectivity index (χ3v) is 5.12. The van der Waals surface area contributed by atoms with Gasteiger partial charge in [0.25, 0.3) is 0 Å². The van der Waals surface area contributed by atoms with Crippen LogP contribution in [0.1, 0.15) is 29.7 Å². The van der Waals surface area contributed by atoms with E-state index >= 15 is 0 Å². The van der Waals surface area contributed by atoms with Crippen LogP contribution in [0.2, 0.25) is 5.02 Å². The molecule has 3 rings (SSSR count). The van der Waals surface area contributed by atoms with Crippen molar-refractivity contribution < 1.29 is 29.6 Å². The van der Waals surface area contributed by atoms with E-state index in [2.05, 4.69) is 0 Å². The molecule has 28 heavy (non-hydrogen) atoms. The molecule has 1 heterocycles. The van der Waals surface area contributed by atoms with Gasteiger partial charge >= 0.3 is 0 Å². The number of ketones is 1. The van der Waals surface area contributed by atoms with E-state index in [1.165, 1.54) is 0 Å². The van der Waals surface area contributed by atoms with Gasteiger partial charge in [0.2, 0.25) is 0 Å². The number of aliphatic hydroxyl groups is 3. The van der Waals surface area contributed by atoms with Crippen LogP contribution in [0.15, 0.2) is 42.5 Å². The number of carbonyl (C=O) groups is 1. The first-order valence-corrected chi connectivity index (χ1v) is 9.48. The number of hydrogen-bond acceptors (Lipinski definition) is 6. The van der Waals surface area contributed by atoms with Gasteiger partial charge in [-0.25, -0.2) is 0 Å². The lowest BCUT2D eigenvalue weighted by molar-refractivity contribution is -0.189. The topological polar surface area (TPSA) is 96.2 Å². The Balaban J connectivity index is 1.83. The minimum absolute atomic E-state index is 0.525. The third kappa shape index (κ3) is 4.37. The van der Waals surface area contributed by atoms with E-state index in [1.807, 2.05) is 31.2 Å². The Morgan fingerprint density at radius 3 is 2.46 bits per heavy atom. The highest BCUT2D eigenvalue weighted by Gasteiger charge is 2.43. The first-order chi connectivity index (χ1) is 13.4. The average molecular weight is 407 g/mol. The fraction of sp³-hybridized carbons (Fsp3) is 0.381. The molecule has 3 N–H and O–H groups in total. The van der Waals surface area contributed by atoms with Crippen molar-refractivity contribution in [3.05, 3.63) is 64.2 Å². The Kier molecular flexibility index (Phi) is 6.69. The van der Waals surface area contributed by atoms with Crippen LogP contribution in [-0.4, -0.2) is 52.6 Å². The molecule has 0 radical (unpaired) electrons. The molecule has 2 aromatic rings. The molecule has 0 unspecified atom stereocenters. The van der Waals surface area contributed by atoms with Crippen LogP contribution in [-0.2, 0) is 16.0 Å². The molecule has 4 atom stereocenters. The van der Waals surface area contributed by atoms with Gasteiger partial charge in [0.05, 0.1) is 13.2 Å². The number of benzene rings is 2. The van der Waals surface area contributed by atoms with Crippen LogP contribution in [0.5, 0.6) is 5.75 Å². The van der Waals surface area contributed by atoms with Gasteiger partial charge in [0.15, 0.2) is 5.78 Å². The first-order valence-electron chi connectivity index (χ1n) is 9.10. The van der Waals surface area contributed by atoms with Gasteiger partial charge in [0, 0.05) is 5.02 Å². The summed E-state index contributed by atoms with van der Waals surface area (Å²) in [6.07, 6.45) is -4.58. The van der Waals surface area contributed by atoms with Crippen LogP contribution >= 0.6 is 11.6 Å². The van der Waals surface area contributed by atoms with E-state index in [0.717, 1.165) is 16.9 Å². The van der Waals surface area contributed by atoms with E-state index in [0.29, 0.717) is 23.6 Å². The second kappa shape index (κ2) is 9.03. The van der Waals surface area contributed by atoms with E-state index in [-0.39, 0.29) is 0 Å². The molecule has 0 aromatic heterocycles. The van der Waals surface area contributed by atoms with Crippen molar-refractivity contribution in [2.75, 3.05) is 13.2 Å². The number of carbonyl (C=O) groups excluding carboxylic acids is 1. The van der Waals surface area contributed by atoms with Crippen molar-refractivity contribution in [1.29, 1.82) is 0 Å². The van der Waals surface area contributed by atoms with E-state index in [9.17, 15) is 20.1 Å². The molecule has 7 heteroatoms. The summed E-state index contributed by atoms with van der Waals surface area (Å²) in [6.45, 7) is 1.99. The molecule has 2 aromatic carbocycles. The number of halogens is 1. The summed E-state index contributed by atoms with van der Waals surface area (Å²) in [6, 6.07) is 12.8. The highest BCUT2D eigenvalue weighted by atomic mass is 35.5. The fourth-order valence-electron chi connectivity index (χ4n) is 3.25. The fourth-order valence-corrected chi connectivity index (χ4v) is 3.43. The van der Waals surface area contributed by atoms with E-state index < -0.39 is 36.8 Å². The normalized spacial score (nSPS) is 25.0. The smallest absolute Gasteiger partial charge is 0.195 e. The van der Waals surface area contributed by atoms with Crippen LogP contribution in [0.25, 0.3) is 0 Å². The first kappa shape index (κ1) is 20.8. The van der Waals surface area contributed by atoms with Crippen LogP contribution < -0.4 is 4.74 Å². The zero-order chi connectivity index (χ0) is 20.3. The van der Waals surface area contributed by atoms with Crippen molar-refractivity contribution >= 4 is 17.4 Å². The van der Waals surface area contributed by atoms with Crippen LogP contribution in [0, 0.1) is 0 Å². The molecular formula is C21H23ClO6. The number of ether oxygens (including phenoxy) is 2. The average Bonchev–Trinajstić information content (AvgIpc) is 2.70. The molecule has 1 aliphatic rings. The van der Waals surface area contributed by atoms with Gasteiger partial charge < -0.3 is 24.8 Å². The van der Waals surface area contributed by atoms with Crippen molar-refractivity contribution in [3.63, 3.8) is 0 Å². The Bertz CT molecular complexity index is 822. The highest BCUT2D eigenvalue weighted by molar-refractivity contribution is 6.31. The van der Waals surface area contributed by atoms with Gasteiger partial charge in [-0.1, -0.05) is 35.9 Å². The summed E-state index contributed by atoms with van der Waals surface area (Å²) < 4.78 is 11.0. The quantitative estimate of drug-likeness (QED) is 0.679. The van der Waals surface area contributed by atoms with Gasteiger partial charge in [0.1, 0.15) is 30.2 Å². The number of hydrogen-bond donors (Lipinski definition) is 3. The Labute approximate surface area is 168 Å². The second-order valence-electron chi connectivity index (χ2n) is 6.67. The van der Waals surface area contributed by atoms with Crippen molar-refractivity contribution in [1.82, 2.24) is 0 Å². The third-order valence-electron chi connectivity index (χ3n) is 4.75. The second-order valence-corrected chi connectivity index (χ2v) is 7.08. The largest absolute Gasteiger partial charge is 0.494 e. The molecule has 6 nitrogen and oxygen atoms in total. The molecule has 0 saturated carbocycles. The van der Waals surface area contributed by atoms with Gasteiger partial charge in [-0.15, -0.1) is 0 Å². The maximum absolute atomic E-state index is 12.1. The van der Waals surface area contributed by atoms with Crippen molar-refractivity contribution in [3.8, 4) is 5.75 Å². The number of aliphatic hydroxyl groups excluding tert-OH is 3. The number of rotatable bonds is 6. The standard InChI is InChI=1S/C21H23ClO6/c1-2-27-15-6-3-12(4-7-15)9-14-10-13(5-8-16(14)22)21-20(26)19(25)18(24)17(11-23)28-21/h3-8,10,17-18,20-21,23-24,26H,2,9,11H2,1H3/t17-,18-,20-,21+/m1/s1. The summed E-state index contributed by atoms with van der Waals surface area (Å²) in [4.78, 5) is 12.1. The SMILES string of the molecule is CCOc1ccc(Cc2cc([C@@H]3O[C@H](CO)[C@@H](O)C(=O)[C@H]3O)ccc2Cl)cc1. The predicted molar refractivity (Wildman–Crippen MR) is 104 cm³/mol. The molecule has 0 amide bonds. The maximum Gasteiger partial charge on any atom is 0.195 e. The van der Waals surface area contributed by atoms with E-state index in [4.69, 9.17) is 21.1 Å². The predicted octanol–water partition coefficient (Wildman–Crippen LogP) is 2.05. The van der Waals surface area contributed by atoms with Gasteiger partial charge in [-0.3, -0.25) is 4.79 Å². The molecular weight excluding hydrogens is 384 g/mol. The lowest BCUT2D eigenvalue weighted by Gasteiger charge is -2.35. The van der Waals surface area contributed by atoms with Gasteiger partial charge in [-0.2, -0.15) is 0 Å². The van der Waals surface area contributed by atoms with Crippen molar-refractivity contribution in [2.24, 2.45) is 0 Å². The lowest BCUT2D eigenvalue weighted by Crippen LogP contribution is -2.52. The Hall–Kier alpha value is -1.96. The molecule has 1 saturated heterocycles. The Morgan fingerprint density at radius 2 is 1.82 bits per heavy atom. The van der Waals surface area contributed by atoms with E-state index in [1.54, 1.807) is 18.2 Å². The molecule has 0 bridgehead atoms. The molecule has 0 spiro atoms. The summed E-state index contributed by atoms with van der Waals surface area (Å²) >= 11 is 6.34. The molecule has 1 aliphatic heterocycles. The Morgan fingerprint density at radius 1 is 1.11 bits per heavy atom. The molecule has 0 aliphatic carbocycles. The molecule has 1 fully saturated rings. The minimum Gasteiger partial charge on any atom is -0.494 e. The molecule has 150 valence electrons. The van der Waals surface area contributed by atoms with Crippen LogP contribution in [0.3, 0.4) is 0 Å². The van der Waals surface area contributed by atoms with Crippen LogP contribution in [0.4, 0.5) is 0 Å². The van der Waals surface area contributed by atoms with Crippen molar-refractivity contribution in [2.45, 2.75) is 37.8 Å². The summed E-state index contributed by atoms with van der Waals surface area (Å²) in [5, 5.41) is 29.9. The number of Topliss-reactive ketones (excluding diaryl/α,β-unsaturated/α-hetero) is 1. The zero-order valence-corrected chi connectivity index (χ0v) is 16.2. The monoisotopic (exact) mass is 406 g/mol.